The zero-order chi connectivity index (χ0) is 13.0. The molecule has 18 heavy (non-hydrogen) atoms. The Morgan fingerprint density at radius 1 is 1.33 bits per heavy atom. The highest BCUT2D eigenvalue weighted by Crippen LogP contribution is 2.23. The van der Waals surface area contributed by atoms with E-state index in [1.165, 1.54) is 19.3 Å². The number of benzene rings is 1. The number of carbonyl (C=O) groups is 1. The van der Waals surface area contributed by atoms with Crippen molar-refractivity contribution in [3.05, 3.63) is 29.3 Å². The van der Waals surface area contributed by atoms with E-state index < -0.39 is 5.97 Å². The van der Waals surface area contributed by atoms with Crippen molar-refractivity contribution < 1.29 is 14.6 Å². The molecule has 1 aliphatic carbocycles. The van der Waals surface area contributed by atoms with E-state index in [1.807, 2.05) is 0 Å². The van der Waals surface area contributed by atoms with Crippen LogP contribution in [0.3, 0.4) is 0 Å². The fraction of sp³-hybridized carbons (Fsp3) is 0.500. The molecule has 1 aliphatic rings. The Bertz CT molecular complexity index is 425. The van der Waals surface area contributed by atoms with Crippen molar-refractivity contribution in [3.8, 4) is 0 Å². The van der Waals surface area contributed by atoms with Crippen LogP contribution in [0.4, 0.5) is 5.69 Å². The standard InChI is InChI=1S/C14H19NO3/c15-12-8-4-5-10(13(12)14(16)17)9-18-11-6-2-1-3-7-11/h4-5,8,11H,1-3,6-7,9,15H2,(H,16,17). The normalized spacial score (nSPS) is 16.7. The third-order valence-corrected chi connectivity index (χ3v) is 3.42. The molecule has 0 bridgehead atoms. The minimum absolute atomic E-state index is 0.174. The summed E-state index contributed by atoms with van der Waals surface area (Å²) in [4.78, 5) is 11.2. The maximum Gasteiger partial charge on any atom is 0.338 e. The number of anilines is 1. The number of carboxylic acid groups (broad SMARTS) is 1. The smallest absolute Gasteiger partial charge is 0.338 e. The largest absolute Gasteiger partial charge is 0.478 e. The van der Waals surface area contributed by atoms with Crippen molar-refractivity contribution in [2.24, 2.45) is 0 Å². The van der Waals surface area contributed by atoms with Crippen LogP contribution >= 0.6 is 0 Å². The first-order chi connectivity index (χ1) is 8.68. The molecule has 0 saturated heterocycles. The van der Waals surface area contributed by atoms with Gasteiger partial charge in [0, 0.05) is 5.69 Å². The van der Waals surface area contributed by atoms with E-state index in [1.54, 1.807) is 18.2 Å². The van der Waals surface area contributed by atoms with Gasteiger partial charge in [-0.05, 0) is 24.5 Å². The summed E-state index contributed by atoms with van der Waals surface area (Å²) in [5, 5.41) is 9.15. The van der Waals surface area contributed by atoms with Gasteiger partial charge in [-0.2, -0.15) is 0 Å². The van der Waals surface area contributed by atoms with E-state index in [2.05, 4.69) is 0 Å². The van der Waals surface area contributed by atoms with Crippen LogP contribution in [0.2, 0.25) is 0 Å². The fourth-order valence-corrected chi connectivity index (χ4v) is 2.44. The average Bonchev–Trinajstić information content (AvgIpc) is 2.37. The Kier molecular flexibility index (Phi) is 4.20. The van der Waals surface area contributed by atoms with Gasteiger partial charge in [-0.25, -0.2) is 4.79 Å². The van der Waals surface area contributed by atoms with Gasteiger partial charge in [-0.3, -0.25) is 0 Å². The molecule has 4 heteroatoms. The molecule has 1 saturated carbocycles. The molecule has 0 unspecified atom stereocenters. The lowest BCUT2D eigenvalue weighted by molar-refractivity contribution is 0.0162. The van der Waals surface area contributed by atoms with Gasteiger partial charge in [0.05, 0.1) is 18.3 Å². The molecule has 2 rings (SSSR count). The van der Waals surface area contributed by atoms with E-state index in [9.17, 15) is 4.79 Å². The average molecular weight is 249 g/mol. The summed E-state index contributed by atoms with van der Waals surface area (Å²) >= 11 is 0. The van der Waals surface area contributed by atoms with Crippen LogP contribution < -0.4 is 5.73 Å². The summed E-state index contributed by atoms with van der Waals surface area (Å²) in [6.07, 6.45) is 6.09. The minimum Gasteiger partial charge on any atom is -0.478 e. The van der Waals surface area contributed by atoms with Gasteiger partial charge in [0.1, 0.15) is 0 Å². The number of ether oxygens (including phenoxy) is 1. The highest BCUT2D eigenvalue weighted by atomic mass is 16.5. The molecule has 98 valence electrons. The van der Waals surface area contributed by atoms with Crippen molar-refractivity contribution in [2.75, 3.05) is 5.73 Å². The highest BCUT2D eigenvalue weighted by molar-refractivity contribution is 5.95. The quantitative estimate of drug-likeness (QED) is 0.805. The third kappa shape index (κ3) is 3.01. The number of hydrogen-bond donors (Lipinski definition) is 2. The van der Waals surface area contributed by atoms with Crippen LogP contribution in [0, 0.1) is 0 Å². The lowest BCUT2D eigenvalue weighted by atomic mass is 9.97. The van der Waals surface area contributed by atoms with Gasteiger partial charge < -0.3 is 15.6 Å². The zero-order valence-electron chi connectivity index (χ0n) is 10.4. The Labute approximate surface area is 107 Å². The molecule has 1 fully saturated rings. The fourth-order valence-electron chi connectivity index (χ4n) is 2.44. The maximum absolute atomic E-state index is 11.2. The highest BCUT2D eigenvalue weighted by Gasteiger charge is 2.17. The van der Waals surface area contributed by atoms with Crippen molar-refractivity contribution in [2.45, 2.75) is 44.8 Å². The molecule has 3 N–H and O–H groups in total. The molecule has 0 spiro atoms. The molecule has 0 amide bonds. The monoisotopic (exact) mass is 249 g/mol. The number of aromatic carboxylic acids is 1. The summed E-state index contributed by atoms with van der Waals surface area (Å²) in [6.45, 7) is 0.331. The molecule has 0 radical (unpaired) electrons. The van der Waals surface area contributed by atoms with Gasteiger partial charge >= 0.3 is 5.97 Å². The topological polar surface area (TPSA) is 72.5 Å². The second kappa shape index (κ2) is 5.87. The molecule has 0 heterocycles. The molecule has 0 aliphatic heterocycles. The van der Waals surface area contributed by atoms with Crippen molar-refractivity contribution in [1.29, 1.82) is 0 Å². The Balaban J connectivity index is 2.04. The first-order valence-corrected chi connectivity index (χ1v) is 6.40. The first-order valence-electron chi connectivity index (χ1n) is 6.40. The van der Waals surface area contributed by atoms with E-state index in [0.717, 1.165) is 12.8 Å². The summed E-state index contributed by atoms with van der Waals surface area (Å²) in [5.41, 5.74) is 6.83. The lowest BCUT2D eigenvalue weighted by Gasteiger charge is -2.22. The predicted octanol–water partition coefficient (Wildman–Crippen LogP) is 2.82. The Morgan fingerprint density at radius 3 is 2.72 bits per heavy atom. The Morgan fingerprint density at radius 2 is 2.06 bits per heavy atom. The van der Waals surface area contributed by atoms with Crippen LogP contribution in [0.1, 0.15) is 48.0 Å². The van der Waals surface area contributed by atoms with Gasteiger partial charge in [0.2, 0.25) is 0 Å². The number of nitrogens with two attached hydrogens (primary N) is 1. The van der Waals surface area contributed by atoms with Gasteiger partial charge in [-0.15, -0.1) is 0 Å². The van der Waals surface area contributed by atoms with Crippen LogP contribution in [0.25, 0.3) is 0 Å². The van der Waals surface area contributed by atoms with Gasteiger partial charge in [0.25, 0.3) is 0 Å². The molecular weight excluding hydrogens is 230 g/mol. The summed E-state index contributed by atoms with van der Waals surface area (Å²) in [5.74, 6) is -0.990. The minimum atomic E-state index is -0.990. The van der Waals surface area contributed by atoms with Crippen molar-refractivity contribution in [1.82, 2.24) is 0 Å². The van der Waals surface area contributed by atoms with Crippen LogP contribution in [-0.4, -0.2) is 17.2 Å². The Hall–Kier alpha value is -1.55. The van der Waals surface area contributed by atoms with E-state index >= 15 is 0 Å². The zero-order valence-corrected chi connectivity index (χ0v) is 10.4. The first kappa shape index (κ1) is 12.9. The number of carboxylic acids is 1. The predicted molar refractivity (Wildman–Crippen MR) is 69.5 cm³/mol. The number of hydrogen-bond acceptors (Lipinski definition) is 3. The second-order valence-corrected chi connectivity index (χ2v) is 4.76. The second-order valence-electron chi connectivity index (χ2n) is 4.76. The molecule has 1 aromatic carbocycles. The summed E-state index contributed by atoms with van der Waals surface area (Å²) in [7, 11) is 0. The van der Waals surface area contributed by atoms with Crippen molar-refractivity contribution in [3.63, 3.8) is 0 Å². The molecule has 0 atom stereocenters. The third-order valence-electron chi connectivity index (χ3n) is 3.42. The summed E-state index contributed by atoms with van der Waals surface area (Å²) < 4.78 is 5.80. The number of rotatable bonds is 4. The molecular formula is C14H19NO3. The van der Waals surface area contributed by atoms with Crippen LogP contribution in [-0.2, 0) is 11.3 Å². The maximum atomic E-state index is 11.2. The van der Waals surface area contributed by atoms with Crippen LogP contribution in [0.15, 0.2) is 18.2 Å². The van der Waals surface area contributed by atoms with Crippen LogP contribution in [0.5, 0.6) is 0 Å². The van der Waals surface area contributed by atoms with E-state index in [4.69, 9.17) is 15.6 Å². The SMILES string of the molecule is Nc1cccc(COC2CCCCC2)c1C(=O)O. The number of nitrogen functional groups attached to an aromatic ring is 1. The molecule has 4 nitrogen and oxygen atoms in total. The van der Waals surface area contributed by atoms with E-state index in [0.29, 0.717) is 17.9 Å². The lowest BCUT2D eigenvalue weighted by Crippen LogP contribution is -2.17. The van der Waals surface area contributed by atoms with Crippen molar-refractivity contribution >= 4 is 11.7 Å². The van der Waals surface area contributed by atoms with Gasteiger partial charge in [-0.1, -0.05) is 31.4 Å². The van der Waals surface area contributed by atoms with E-state index in [-0.39, 0.29) is 11.7 Å². The van der Waals surface area contributed by atoms with Gasteiger partial charge in [0.15, 0.2) is 0 Å². The molecule has 1 aromatic rings. The summed E-state index contributed by atoms with van der Waals surface area (Å²) in [6, 6.07) is 5.14. The molecule has 0 aromatic heterocycles.